The van der Waals surface area contributed by atoms with Gasteiger partial charge in [-0.1, -0.05) is 18.2 Å². The molecular formula is C28H32N4O5. The maximum Gasteiger partial charge on any atom is 0.253 e. The summed E-state index contributed by atoms with van der Waals surface area (Å²) in [4.78, 5) is 14.9. The number of hydrogen-bond donors (Lipinski definition) is 5. The molecule has 37 heavy (non-hydrogen) atoms. The number of rotatable bonds is 8. The fraction of sp³-hybridized carbons (Fsp3) is 0.357. The zero-order chi connectivity index (χ0) is 25.8. The highest BCUT2D eigenvalue weighted by Crippen LogP contribution is 2.26. The van der Waals surface area contributed by atoms with Gasteiger partial charge in [-0.2, -0.15) is 0 Å². The van der Waals surface area contributed by atoms with Gasteiger partial charge in [-0.15, -0.1) is 0 Å². The molecule has 0 aromatic heterocycles. The third-order valence-corrected chi connectivity index (χ3v) is 7.04. The molecule has 2 aliphatic rings. The number of benzene rings is 3. The minimum absolute atomic E-state index is 0.0196. The zero-order valence-electron chi connectivity index (χ0n) is 20.6. The Morgan fingerprint density at radius 3 is 2.41 bits per heavy atom. The van der Waals surface area contributed by atoms with Gasteiger partial charge in [0.05, 0.1) is 12.1 Å². The molecule has 5 rings (SSSR count). The molecule has 0 saturated carbocycles. The van der Waals surface area contributed by atoms with Crippen molar-refractivity contribution in [3.05, 3.63) is 71.8 Å². The Morgan fingerprint density at radius 2 is 1.70 bits per heavy atom. The largest absolute Gasteiger partial charge is 0.491 e. The van der Waals surface area contributed by atoms with Gasteiger partial charge in [0.15, 0.2) is 5.96 Å². The zero-order valence-corrected chi connectivity index (χ0v) is 20.6. The molecule has 3 aromatic rings. The van der Waals surface area contributed by atoms with E-state index in [1.165, 1.54) is 0 Å². The van der Waals surface area contributed by atoms with Crippen LogP contribution in [0.15, 0.2) is 60.7 Å². The van der Waals surface area contributed by atoms with E-state index in [0.717, 1.165) is 35.7 Å². The topological polar surface area (TPSA) is 127 Å². The lowest BCUT2D eigenvalue weighted by atomic mass is 9.88. The SMILES string of the molecule is N=C1NCC2(CCN(C(=O)c3ccc(OCc4ccc5cc(OC[C@@H](O)CO)ccc5c4)cc3)CC2)N1. The number of carbonyl (C=O) groups excluding carboxylic acids is 1. The molecule has 0 bridgehead atoms. The van der Waals surface area contributed by atoms with Crippen LogP contribution in [0.1, 0.15) is 28.8 Å². The molecule has 9 heteroatoms. The number of carbonyl (C=O) groups is 1. The average molecular weight is 505 g/mol. The molecule has 3 aromatic carbocycles. The number of guanidine groups is 1. The maximum atomic E-state index is 13.0. The summed E-state index contributed by atoms with van der Waals surface area (Å²) >= 11 is 0. The molecule has 9 nitrogen and oxygen atoms in total. The van der Waals surface area contributed by atoms with Crippen LogP contribution in [0.5, 0.6) is 11.5 Å². The number of nitrogens with one attached hydrogen (secondary N) is 3. The lowest BCUT2D eigenvalue weighted by Crippen LogP contribution is -2.53. The van der Waals surface area contributed by atoms with Crippen molar-refractivity contribution in [1.82, 2.24) is 15.5 Å². The summed E-state index contributed by atoms with van der Waals surface area (Å²) in [7, 11) is 0. The van der Waals surface area contributed by atoms with Gasteiger partial charge < -0.3 is 35.2 Å². The Morgan fingerprint density at radius 1 is 1.00 bits per heavy atom. The molecule has 2 aliphatic heterocycles. The molecule has 0 aliphatic carbocycles. The van der Waals surface area contributed by atoms with Gasteiger partial charge in [0.25, 0.3) is 5.91 Å². The van der Waals surface area contributed by atoms with Crippen LogP contribution >= 0.6 is 0 Å². The van der Waals surface area contributed by atoms with Crippen molar-refractivity contribution in [2.75, 3.05) is 32.8 Å². The van der Waals surface area contributed by atoms with E-state index in [2.05, 4.69) is 16.7 Å². The normalized spacial score (nSPS) is 17.4. The van der Waals surface area contributed by atoms with E-state index in [1.807, 2.05) is 59.5 Å². The van der Waals surface area contributed by atoms with Gasteiger partial charge in [0, 0.05) is 25.2 Å². The van der Waals surface area contributed by atoms with Gasteiger partial charge in [0.1, 0.15) is 30.8 Å². The van der Waals surface area contributed by atoms with Crippen molar-refractivity contribution in [3.63, 3.8) is 0 Å². The highest BCUT2D eigenvalue weighted by molar-refractivity contribution is 5.94. The lowest BCUT2D eigenvalue weighted by Gasteiger charge is -2.38. The third kappa shape index (κ3) is 5.79. The highest BCUT2D eigenvalue weighted by Gasteiger charge is 2.40. The van der Waals surface area contributed by atoms with E-state index in [1.54, 1.807) is 0 Å². The molecule has 2 fully saturated rings. The first-order valence-corrected chi connectivity index (χ1v) is 12.5. The highest BCUT2D eigenvalue weighted by atomic mass is 16.5. The van der Waals surface area contributed by atoms with Crippen molar-refractivity contribution in [1.29, 1.82) is 5.41 Å². The first kappa shape index (κ1) is 24.9. The van der Waals surface area contributed by atoms with Gasteiger partial charge in [0.2, 0.25) is 0 Å². The molecule has 2 heterocycles. The van der Waals surface area contributed by atoms with E-state index in [4.69, 9.17) is 20.0 Å². The summed E-state index contributed by atoms with van der Waals surface area (Å²) < 4.78 is 11.5. The second-order valence-corrected chi connectivity index (χ2v) is 9.73. The molecular weight excluding hydrogens is 472 g/mol. The van der Waals surface area contributed by atoms with Crippen LogP contribution in [0.2, 0.25) is 0 Å². The average Bonchev–Trinajstić information content (AvgIpc) is 3.30. The van der Waals surface area contributed by atoms with Crippen molar-refractivity contribution >= 4 is 22.6 Å². The molecule has 1 amide bonds. The quantitative estimate of drug-likeness (QED) is 0.318. The smallest absolute Gasteiger partial charge is 0.253 e. The predicted octanol–water partition coefficient (Wildman–Crippen LogP) is 2.25. The summed E-state index contributed by atoms with van der Waals surface area (Å²) in [6.07, 6.45) is 0.744. The van der Waals surface area contributed by atoms with Gasteiger partial charge >= 0.3 is 0 Å². The third-order valence-electron chi connectivity index (χ3n) is 7.04. The van der Waals surface area contributed by atoms with E-state index < -0.39 is 6.10 Å². The Labute approximate surface area is 215 Å². The number of aliphatic hydroxyl groups excluding tert-OH is 2. The number of amides is 1. The molecule has 5 N–H and O–H groups in total. The van der Waals surface area contributed by atoms with Crippen LogP contribution in [0, 0.1) is 5.41 Å². The first-order valence-electron chi connectivity index (χ1n) is 12.5. The second-order valence-electron chi connectivity index (χ2n) is 9.73. The minimum Gasteiger partial charge on any atom is -0.491 e. The molecule has 0 unspecified atom stereocenters. The van der Waals surface area contributed by atoms with Crippen LogP contribution in [0.4, 0.5) is 0 Å². The number of nitrogens with zero attached hydrogens (tertiary/aromatic N) is 1. The molecule has 1 atom stereocenters. The van der Waals surface area contributed by atoms with E-state index in [-0.39, 0.29) is 24.7 Å². The Bertz CT molecular complexity index is 1270. The monoisotopic (exact) mass is 504 g/mol. The number of hydrogen-bond acceptors (Lipinski definition) is 6. The molecule has 1 spiro atoms. The fourth-order valence-corrected chi connectivity index (χ4v) is 4.79. The predicted molar refractivity (Wildman–Crippen MR) is 140 cm³/mol. The number of piperidine rings is 1. The van der Waals surface area contributed by atoms with Crippen molar-refractivity contribution in [3.8, 4) is 11.5 Å². The number of fused-ring (bicyclic) bond motifs is 1. The summed E-state index contributed by atoms with van der Waals surface area (Å²) in [5.41, 5.74) is 1.56. The first-order chi connectivity index (χ1) is 17.9. The summed E-state index contributed by atoms with van der Waals surface area (Å²) in [6.45, 7) is 2.17. The molecule has 0 radical (unpaired) electrons. The number of likely N-dealkylation sites (tertiary alicyclic amines) is 1. The van der Waals surface area contributed by atoms with Gasteiger partial charge in [-0.25, -0.2) is 0 Å². The second kappa shape index (κ2) is 10.7. The number of ether oxygens (including phenoxy) is 2. The molecule has 194 valence electrons. The Balaban J connectivity index is 1.14. The fourth-order valence-electron chi connectivity index (χ4n) is 4.79. The van der Waals surface area contributed by atoms with E-state index in [0.29, 0.717) is 42.7 Å². The van der Waals surface area contributed by atoms with Crippen molar-refractivity contribution in [2.24, 2.45) is 0 Å². The summed E-state index contributed by atoms with van der Waals surface area (Å²) in [5, 5.41) is 34.4. The van der Waals surface area contributed by atoms with E-state index in [9.17, 15) is 9.90 Å². The molecule has 2 saturated heterocycles. The summed E-state index contributed by atoms with van der Waals surface area (Å²) in [6, 6.07) is 19.0. The van der Waals surface area contributed by atoms with Gasteiger partial charge in [-0.3, -0.25) is 10.2 Å². The van der Waals surface area contributed by atoms with E-state index >= 15 is 0 Å². The number of aliphatic hydroxyl groups is 2. The van der Waals surface area contributed by atoms with Crippen molar-refractivity contribution in [2.45, 2.75) is 31.1 Å². The van der Waals surface area contributed by atoms with Crippen molar-refractivity contribution < 1.29 is 24.5 Å². The van der Waals surface area contributed by atoms with Crippen LogP contribution in [-0.4, -0.2) is 71.5 Å². The maximum absolute atomic E-state index is 13.0. The Kier molecular flexibility index (Phi) is 7.16. The summed E-state index contributed by atoms with van der Waals surface area (Å²) in [5.74, 6) is 1.72. The van der Waals surface area contributed by atoms with Crippen LogP contribution in [-0.2, 0) is 6.61 Å². The Hall–Kier alpha value is -3.82. The van der Waals surface area contributed by atoms with Gasteiger partial charge in [-0.05, 0) is 71.6 Å². The lowest BCUT2D eigenvalue weighted by molar-refractivity contribution is 0.0536. The van der Waals surface area contributed by atoms with Crippen LogP contribution < -0.4 is 20.1 Å². The van der Waals surface area contributed by atoms with Crippen LogP contribution in [0.3, 0.4) is 0 Å². The minimum atomic E-state index is -0.899. The standard InChI is InChI=1S/C28H32N4O5/c29-27-30-18-28(31-27)9-11-32(12-10-28)26(35)20-3-6-24(7-4-20)36-16-19-1-2-22-14-25(8-5-21(22)13-19)37-17-23(34)15-33/h1-8,13-14,23,33-34H,9-12,15-18H2,(H3,29,30,31)/t23-/m0/s1. The van der Waals surface area contributed by atoms with Crippen LogP contribution in [0.25, 0.3) is 10.8 Å².